The Hall–Kier alpha value is -1.26. The average molecular weight is 278 g/mol. The third-order valence-electron chi connectivity index (χ3n) is 3.65. The standard InChI is InChI=1S/C16H26N2O2/c1-19-10-2-3-11-20-16-8-4-7-15(12-16)18-9-5-6-14(17)13-18/h4,7-8,12,14H,2-3,5-6,9-11,13,17H2,1H3. The molecule has 20 heavy (non-hydrogen) atoms. The summed E-state index contributed by atoms with van der Waals surface area (Å²) in [4.78, 5) is 2.35. The van der Waals surface area contributed by atoms with Gasteiger partial charge in [-0.1, -0.05) is 6.07 Å². The summed E-state index contributed by atoms with van der Waals surface area (Å²) in [7, 11) is 1.73. The van der Waals surface area contributed by atoms with Crippen LogP contribution in [0.4, 0.5) is 5.69 Å². The van der Waals surface area contributed by atoms with Crippen molar-refractivity contribution in [1.82, 2.24) is 0 Å². The van der Waals surface area contributed by atoms with Crippen LogP contribution in [-0.4, -0.2) is 39.5 Å². The Morgan fingerprint density at radius 1 is 1.30 bits per heavy atom. The summed E-state index contributed by atoms with van der Waals surface area (Å²) in [6, 6.07) is 8.62. The Kier molecular flexibility index (Phi) is 6.15. The van der Waals surface area contributed by atoms with Gasteiger partial charge in [0, 0.05) is 44.6 Å². The molecule has 2 N–H and O–H groups in total. The average Bonchev–Trinajstić information content (AvgIpc) is 2.47. The Morgan fingerprint density at radius 3 is 2.95 bits per heavy atom. The van der Waals surface area contributed by atoms with Gasteiger partial charge in [0.05, 0.1) is 6.61 Å². The van der Waals surface area contributed by atoms with E-state index >= 15 is 0 Å². The first kappa shape index (κ1) is 15.1. The highest BCUT2D eigenvalue weighted by atomic mass is 16.5. The lowest BCUT2D eigenvalue weighted by Crippen LogP contribution is -2.42. The van der Waals surface area contributed by atoms with E-state index < -0.39 is 0 Å². The molecule has 0 aliphatic carbocycles. The lowest BCUT2D eigenvalue weighted by molar-refractivity contribution is 0.184. The Morgan fingerprint density at radius 2 is 2.15 bits per heavy atom. The van der Waals surface area contributed by atoms with E-state index in [4.69, 9.17) is 15.2 Å². The second-order valence-electron chi connectivity index (χ2n) is 5.39. The zero-order valence-corrected chi connectivity index (χ0v) is 12.4. The number of nitrogens with zero attached hydrogens (tertiary/aromatic N) is 1. The van der Waals surface area contributed by atoms with E-state index in [2.05, 4.69) is 23.1 Å². The molecule has 4 nitrogen and oxygen atoms in total. The minimum Gasteiger partial charge on any atom is -0.494 e. The number of nitrogens with two attached hydrogens (primary N) is 1. The van der Waals surface area contributed by atoms with E-state index in [1.54, 1.807) is 7.11 Å². The van der Waals surface area contributed by atoms with Crippen LogP contribution in [0.15, 0.2) is 24.3 Å². The maximum absolute atomic E-state index is 6.04. The summed E-state index contributed by atoms with van der Waals surface area (Å²) in [6.07, 6.45) is 4.36. The first-order valence-electron chi connectivity index (χ1n) is 7.52. The van der Waals surface area contributed by atoms with Gasteiger partial charge >= 0.3 is 0 Å². The molecule has 1 aromatic rings. The highest BCUT2D eigenvalue weighted by molar-refractivity contribution is 5.51. The van der Waals surface area contributed by atoms with E-state index in [1.807, 2.05) is 6.07 Å². The number of hydrogen-bond donors (Lipinski definition) is 1. The lowest BCUT2D eigenvalue weighted by atomic mass is 10.1. The minimum atomic E-state index is 0.294. The zero-order valence-electron chi connectivity index (χ0n) is 12.4. The van der Waals surface area contributed by atoms with E-state index in [0.717, 1.165) is 51.3 Å². The molecule has 2 rings (SSSR count). The molecule has 1 aliphatic rings. The summed E-state index contributed by atoms with van der Waals surface area (Å²) in [6.45, 7) is 3.57. The van der Waals surface area contributed by atoms with Crippen LogP contribution in [0, 0.1) is 0 Å². The summed E-state index contributed by atoms with van der Waals surface area (Å²) >= 11 is 0. The molecule has 0 bridgehead atoms. The predicted octanol–water partition coefficient (Wildman–Crippen LogP) is 2.42. The fourth-order valence-corrected chi connectivity index (χ4v) is 2.55. The van der Waals surface area contributed by atoms with Crippen LogP contribution in [0.3, 0.4) is 0 Å². The Bertz CT molecular complexity index is 398. The number of unbranched alkanes of at least 4 members (excludes halogenated alkanes) is 1. The van der Waals surface area contributed by atoms with Gasteiger partial charge in [-0.2, -0.15) is 0 Å². The number of methoxy groups -OCH3 is 1. The van der Waals surface area contributed by atoms with Crippen molar-refractivity contribution >= 4 is 5.69 Å². The van der Waals surface area contributed by atoms with Crippen molar-refractivity contribution in [3.8, 4) is 5.75 Å². The molecule has 1 aromatic carbocycles. The van der Waals surface area contributed by atoms with Crippen molar-refractivity contribution in [1.29, 1.82) is 0 Å². The molecule has 0 radical (unpaired) electrons. The molecule has 0 spiro atoms. The van der Waals surface area contributed by atoms with Crippen LogP contribution in [-0.2, 0) is 4.74 Å². The maximum Gasteiger partial charge on any atom is 0.121 e. The van der Waals surface area contributed by atoms with Crippen molar-refractivity contribution in [3.05, 3.63) is 24.3 Å². The molecule has 1 heterocycles. The molecule has 0 amide bonds. The Balaban J connectivity index is 1.84. The van der Waals surface area contributed by atoms with Crippen molar-refractivity contribution in [2.45, 2.75) is 31.7 Å². The van der Waals surface area contributed by atoms with Gasteiger partial charge in [0.1, 0.15) is 5.75 Å². The summed E-state index contributed by atoms with van der Waals surface area (Å²) in [5.74, 6) is 0.944. The number of benzene rings is 1. The van der Waals surface area contributed by atoms with Crippen molar-refractivity contribution in [2.75, 3.05) is 38.3 Å². The van der Waals surface area contributed by atoms with E-state index in [9.17, 15) is 0 Å². The monoisotopic (exact) mass is 278 g/mol. The summed E-state index contributed by atoms with van der Waals surface area (Å²) in [5.41, 5.74) is 7.26. The minimum absolute atomic E-state index is 0.294. The van der Waals surface area contributed by atoms with Crippen LogP contribution in [0.5, 0.6) is 5.75 Å². The van der Waals surface area contributed by atoms with E-state index in [1.165, 1.54) is 12.1 Å². The van der Waals surface area contributed by atoms with Crippen LogP contribution in [0.25, 0.3) is 0 Å². The highest BCUT2D eigenvalue weighted by Crippen LogP contribution is 2.24. The van der Waals surface area contributed by atoms with Crippen LogP contribution in [0.1, 0.15) is 25.7 Å². The maximum atomic E-state index is 6.04. The predicted molar refractivity (Wildman–Crippen MR) is 82.5 cm³/mol. The summed E-state index contributed by atoms with van der Waals surface area (Å²) in [5, 5.41) is 0. The van der Waals surface area contributed by atoms with Crippen LogP contribution >= 0.6 is 0 Å². The fraction of sp³-hybridized carbons (Fsp3) is 0.625. The molecule has 1 aliphatic heterocycles. The number of piperidine rings is 1. The first-order valence-corrected chi connectivity index (χ1v) is 7.52. The molecule has 0 aromatic heterocycles. The van der Waals surface area contributed by atoms with Gasteiger partial charge in [-0.3, -0.25) is 0 Å². The summed E-state index contributed by atoms with van der Waals surface area (Å²) < 4.78 is 10.8. The molecule has 112 valence electrons. The molecular formula is C16H26N2O2. The second kappa shape index (κ2) is 8.12. The third kappa shape index (κ3) is 4.69. The van der Waals surface area contributed by atoms with Gasteiger partial charge in [0.15, 0.2) is 0 Å². The van der Waals surface area contributed by atoms with Gasteiger partial charge in [-0.25, -0.2) is 0 Å². The molecule has 1 saturated heterocycles. The van der Waals surface area contributed by atoms with E-state index in [-0.39, 0.29) is 0 Å². The SMILES string of the molecule is COCCCCOc1cccc(N2CCCC(N)C2)c1. The molecule has 1 fully saturated rings. The molecule has 1 unspecified atom stereocenters. The number of hydrogen-bond acceptors (Lipinski definition) is 4. The molecule has 1 atom stereocenters. The third-order valence-corrected chi connectivity index (χ3v) is 3.65. The second-order valence-corrected chi connectivity index (χ2v) is 5.39. The smallest absolute Gasteiger partial charge is 0.121 e. The fourth-order valence-electron chi connectivity index (χ4n) is 2.55. The molecule has 4 heteroatoms. The number of ether oxygens (including phenoxy) is 2. The quantitative estimate of drug-likeness (QED) is 0.778. The normalized spacial score (nSPS) is 19.1. The topological polar surface area (TPSA) is 47.7 Å². The van der Waals surface area contributed by atoms with Crippen molar-refractivity contribution in [3.63, 3.8) is 0 Å². The van der Waals surface area contributed by atoms with Crippen LogP contribution < -0.4 is 15.4 Å². The molecule has 0 saturated carbocycles. The number of anilines is 1. The van der Waals surface area contributed by atoms with Gasteiger partial charge in [0.25, 0.3) is 0 Å². The van der Waals surface area contributed by atoms with Gasteiger partial charge in [0.2, 0.25) is 0 Å². The highest BCUT2D eigenvalue weighted by Gasteiger charge is 2.17. The lowest BCUT2D eigenvalue weighted by Gasteiger charge is -2.32. The largest absolute Gasteiger partial charge is 0.494 e. The van der Waals surface area contributed by atoms with Crippen LogP contribution in [0.2, 0.25) is 0 Å². The van der Waals surface area contributed by atoms with E-state index in [0.29, 0.717) is 6.04 Å². The van der Waals surface area contributed by atoms with Crippen molar-refractivity contribution < 1.29 is 9.47 Å². The zero-order chi connectivity index (χ0) is 14.2. The Labute approximate surface area is 121 Å². The van der Waals surface area contributed by atoms with Gasteiger partial charge in [-0.15, -0.1) is 0 Å². The number of rotatable bonds is 7. The van der Waals surface area contributed by atoms with Gasteiger partial charge < -0.3 is 20.1 Å². The van der Waals surface area contributed by atoms with Crippen molar-refractivity contribution in [2.24, 2.45) is 5.73 Å². The molecular weight excluding hydrogens is 252 g/mol. The first-order chi connectivity index (χ1) is 9.79. The van der Waals surface area contributed by atoms with Gasteiger partial charge in [-0.05, 0) is 37.8 Å².